The second kappa shape index (κ2) is 7.63. The molecule has 1 atom stereocenters. The number of anilines is 1. The number of ether oxygens (including phenoxy) is 1. The molecule has 0 spiro atoms. The molecular weight excluding hydrogens is 318 g/mol. The minimum Gasteiger partial charge on any atom is -0.495 e. The molecule has 0 bridgehead atoms. The molecule has 0 saturated carbocycles. The number of aromatic nitrogens is 1. The number of hydrogen-bond acceptors (Lipinski definition) is 5. The molecule has 1 aromatic heterocycles. The van der Waals surface area contributed by atoms with E-state index in [1.54, 1.807) is 19.2 Å². The summed E-state index contributed by atoms with van der Waals surface area (Å²) in [4.78, 5) is 16.6. The quantitative estimate of drug-likeness (QED) is 0.721. The topological polar surface area (TPSA) is 90.4 Å². The zero-order chi connectivity index (χ0) is 17.6. The molecule has 1 unspecified atom stereocenters. The van der Waals surface area contributed by atoms with E-state index in [4.69, 9.17) is 14.9 Å². The van der Waals surface area contributed by atoms with Gasteiger partial charge in [-0.25, -0.2) is 4.98 Å². The lowest BCUT2D eigenvalue weighted by Gasteiger charge is -2.08. The Hall–Kier alpha value is -3.12. The molecule has 1 heterocycles. The third-order valence-electron chi connectivity index (χ3n) is 3.73. The Labute approximate surface area is 145 Å². The monoisotopic (exact) mass is 337 g/mol. The minimum atomic E-state index is -0.421. The van der Waals surface area contributed by atoms with Crippen molar-refractivity contribution in [2.24, 2.45) is 5.73 Å². The number of carbonyl (C=O) groups excluding carboxylic acids is 1. The maximum Gasteiger partial charge on any atom is 0.277 e. The molecule has 2 aromatic carbocycles. The van der Waals surface area contributed by atoms with Crippen molar-refractivity contribution in [3.63, 3.8) is 0 Å². The van der Waals surface area contributed by atoms with Gasteiger partial charge in [0.15, 0.2) is 5.69 Å². The van der Waals surface area contributed by atoms with Gasteiger partial charge in [-0.3, -0.25) is 4.79 Å². The van der Waals surface area contributed by atoms with Crippen molar-refractivity contribution in [3.05, 3.63) is 78.0 Å². The first-order valence-corrected chi connectivity index (χ1v) is 7.86. The Balaban J connectivity index is 1.69. The number of oxazole rings is 1. The summed E-state index contributed by atoms with van der Waals surface area (Å²) in [5, 5.41) is 2.75. The summed E-state index contributed by atoms with van der Waals surface area (Å²) < 4.78 is 10.6. The highest BCUT2D eigenvalue weighted by molar-refractivity contribution is 6.03. The van der Waals surface area contributed by atoms with E-state index in [2.05, 4.69) is 10.3 Å². The SMILES string of the molecule is COc1ccccc1NC(=O)c1coc(C(N)Cc2ccccc2)n1. The van der Waals surface area contributed by atoms with Gasteiger partial charge in [-0.05, 0) is 24.1 Å². The number of para-hydroxylation sites is 2. The predicted molar refractivity (Wildman–Crippen MR) is 94.5 cm³/mol. The van der Waals surface area contributed by atoms with Gasteiger partial charge in [-0.2, -0.15) is 0 Å². The minimum absolute atomic E-state index is 0.171. The first-order valence-electron chi connectivity index (χ1n) is 7.86. The van der Waals surface area contributed by atoms with Crippen molar-refractivity contribution in [1.82, 2.24) is 4.98 Å². The molecule has 128 valence electrons. The summed E-state index contributed by atoms with van der Waals surface area (Å²) in [5.74, 6) is 0.515. The Morgan fingerprint density at radius 3 is 2.68 bits per heavy atom. The van der Waals surface area contributed by atoms with E-state index < -0.39 is 6.04 Å². The van der Waals surface area contributed by atoms with Gasteiger partial charge >= 0.3 is 0 Å². The van der Waals surface area contributed by atoms with Gasteiger partial charge in [-0.1, -0.05) is 42.5 Å². The van der Waals surface area contributed by atoms with Crippen LogP contribution < -0.4 is 15.8 Å². The van der Waals surface area contributed by atoms with Crippen molar-refractivity contribution in [1.29, 1.82) is 0 Å². The van der Waals surface area contributed by atoms with Crippen LogP contribution in [-0.2, 0) is 6.42 Å². The van der Waals surface area contributed by atoms with Crippen LogP contribution >= 0.6 is 0 Å². The van der Waals surface area contributed by atoms with Crippen LogP contribution in [0.4, 0.5) is 5.69 Å². The maximum absolute atomic E-state index is 12.3. The number of amides is 1. The first kappa shape index (κ1) is 16.7. The zero-order valence-corrected chi connectivity index (χ0v) is 13.8. The molecule has 3 rings (SSSR count). The Morgan fingerprint density at radius 2 is 1.92 bits per heavy atom. The number of benzene rings is 2. The van der Waals surface area contributed by atoms with E-state index in [0.29, 0.717) is 23.7 Å². The molecule has 0 aliphatic rings. The van der Waals surface area contributed by atoms with E-state index in [9.17, 15) is 4.79 Å². The number of methoxy groups -OCH3 is 1. The van der Waals surface area contributed by atoms with Gasteiger partial charge in [0.2, 0.25) is 5.89 Å². The second-order valence-corrected chi connectivity index (χ2v) is 5.52. The summed E-state index contributed by atoms with van der Waals surface area (Å²) in [6.07, 6.45) is 1.89. The highest BCUT2D eigenvalue weighted by atomic mass is 16.5. The van der Waals surface area contributed by atoms with Crippen LogP contribution in [0.15, 0.2) is 65.3 Å². The van der Waals surface area contributed by atoms with Gasteiger partial charge in [-0.15, -0.1) is 0 Å². The van der Waals surface area contributed by atoms with Gasteiger partial charge in [0.1, 0.15) is 12.0 Å². The summed E-state index contributed by atoms with van der Waals surface area (Å²) >= 11 is 0. The fraction of sp³-hybridized carbons (Fsp3) is 0.158. The normalized spacial score (nSPS) is 11.8. The average molecular weight is 337 g/mol. The van der Waals surface area contributed by atoms with E-state index in [1.807, 2.05) is 42.5 Å². The van der Waals surface area contributed by atoms with Crippen LogP contribution in [0.3, 0.4) is 0 Å². The average Bonchev–Trinajstić information content (AvgIpc) is 3.13. The number of rotatable bonds is 6. The highest BCUT2D eigenvalue weighted by Gasteiger charge is 2.18. The van der Waals surface area contributed by atoms with Crippen LogP contribution in [0.1, 0.15) is 28.0 Å². The lowest BCUT2D eigenvalue weighted by molar-refractivity contribution is 0.102. The Morgan fingerprint density at radius 1 is 1.20 bits per heavy atom. The van der Waals surface area contributed by atoms with Crippen LogP contribution in [0.2, 0.25) is 0 Å². The number of nitrogens with zero attached hydrogens (tertiary/aromatic N) is 1. The van der Waals surface area contributed by atoms with Gasteiger partial charge in [0.25, 0.3) is 5.91 Å². The second-order valence-electron chi connectivity index (χ2n) is 5.52. The van der Waals surface area contributed by atoms with Crippen LogP contribution in [0, 0.1) is 0 Å². The van der Waals surface area contributed by atoms with Crippen molar-refractivity contribution in [3.8, 4) is 5.75 Å². The standard InChI is InChI=1S/C19H19N3O3/c1-24-17-10-6-5-9-15(17)21-18(23)16-12-25-19(22-16)14(20)11-13-7-3-2-4-8-13/h2-10,12,14H,11,20H2,1H3,(H,21,23). The molecule has 0 aliphatic carbocycles. The zero-order valence-electron chi connectivity index (χ0n) is 13.8. The van der Waals surface area contributed by atoms with Gasteiger partial charge in [0.05, 0.1) is 18.8 Å². The van der Waals surface area contributed by atoms with Crippen molar-refractivity contribution in [2.45, 2.75) is 12.5 Å². The van der Waals surface area contributed by atoms with Crippen molar-refractivity contribution in [2.75, 3.05) is 12.4 Å². The predicted octanol–water partition coefficient (Wildman–Crippen LogP) is 3.18. The van der Waals surface area contributed by atoms with E-state index in [0.717, 1.165) is 5.56 Å². The van der Waals surface area contributed by atoms with E-state index in [1.165, 1.54) is 6.26 Å². The molecule has 0 saturated heterocycles. The van der Waals surface area contributed by atoms with Crippen LogP contribution in [0.5, 0.6) is 5.75 Å². The fourth-order valence-corrected chi connectivity index (χ4v) is 2.45. The lowest BCUT2D eigenvalue weighted by atomic mass is 10.1. The number of nitrogens with two attached hydrogens (primary N) is 1. The molecule has 6 nitrogen and oxygen atoms in total. The summed E-state index contributed by atoms with van der Waals surface area (Å²) in [7, 11) is 1.54. The van der Waals surface area contributed by atoms with E-state index >= 15 is 0 Å². The summed E-state index contributed by atoms with van der Waals surface area (Å²) in [5.41, 5.74) is 7.94. The fourth-order valence-electron chi connectivity index (χ4n) is 2.45. The Kier molecular flexibility index (Phi) is 5.11. The first-order chi connectivity index (χ1) is 12.2. The maximum atomic E-state index is 12.3. The molecule has 1 amide bonds. The van der Waals surface area contributed by atoms with E-state index in [-0.39, 0.29) is 11.6 Å². The molecule has 3 aromatic rings. The highest BCUT2D eigenvalue weighted by Crippen LogP contribution is 2.24. The number of carbonyl (C=O) groups is 1. The van der Waals surface area contributed by atoms with Gasteiger partial charge < -0.3 is 20.2 Å². The van der Waals surface area contributed by atoms with Crippen LogP contribution in [-0.4, -0.2) is 18.0 Å². The molecular formula is C19H19N3O3. The molecule has 0 fully saturated rings. The third kappa shape index (κ3) is 4.05. The van der Waals surface area contributed by atoms with Gasteiger partial charge in [0, 0.05) is 0 Å². The van der Waals surface area contributed by atoms with Crippen LogP contribution in [0.25, 0.3) is 0 Å². The molecule has 3 N–H and O–H groups in total. The number of nitrogens with one attached hydrogen (secondary N) is 1. The summed E-state index contributed by atoms with van der Waals surface area (Å²) in [6, 6.07) is 16.5. The largest absolute Gasteiger partial charge is 0.495 e. The molecule has 6 heteroatoms. The van der Waals surface area contributed by atoms with Crippen molar-refractivity contribution < 1.29 is 13.9 Å². The molecule has 25 heavy (non-hydrogen) atoms. The molecule has 0 radical (unpaired) electrons. The molecule has 0 aliphatic heterocycles. The van der Waals surface area contributed by atoms with Crippen molar-refractivity contribution >= 4 is 11.6 Å². The lowest BCUT2D eigenvalue weighted by Crippen LogP contribution is -2.16. The Bertz CT molecular complexity index is 846. The number of hydrogen-bond donors (Lipinski definition) is 2. The summed E-state index contributed by atoms with van der Waals surface area (Å²) in [6.45, 7) is 0. The smallest absolute Gasteiger partial charge is 0.277 e. The third-order valence-corrected chi connectivity index (χ3v) is 3.73.